The number of nitrogens with zero attached hydrogens (tertiary/aromatic N) is 1. The van der Waals surface area contributed by atoms with Crippen molar-refractivity contribution in [2.75, 3.05) is 29.9 Å². The number of amides is 1. The second kappa shape index (κ2) is 6.48. The highest BCUT2D eigenvalue weighted by Crippen LogP contribution is 2.24. The van der Waals surface area contributed by atoms with Gasteiger partial charge in [-0.1, -0.05) is 6.92 Å². The van der Waals surface area contributed by atoms with E-state index < -0.39 is 0 Å². The highest BCUT2D eigenvalue weighted by molar-refractivity contribution is 5.92. The first kappa shape index (κ1) is 14.4. The van der Waals surface area contributed by atoms with Gasteiger partial charge in [0, 0.05) is 30.5 Å². The summed E-state index contributed by atoms with van der Waals surface area (Å²) < 4.78 is 0. The number of carbonyl (C=O) groups is 1. The minimum absolute atomic E-state index is 0.0430. The van der Waals surface area contributed by atoms with Gasteiger partial charge in [-0.3, -0.25) is 4.79 Å². The van der Waals surface area contributed by atoms with Crippen molar-refractivity contribution >= 4 is 17.3 Å². The molecule has 2 aliphatic rings. The molecule has 1 saturated heterocycles. The van der Waals surface area contributed by atoms with Gasteiger partial charge >= 0.3 is 0 Å². The third-order valence-electron chi connectivity index (χ3n) is 4.43. The van der Waals surface area contributed by atoms with Gasteiger partial charge in [-0.2, -0.15) is 0 Å². The Morgan fingerprint density at radius 1 is 1.14 bits per heavy atom. The molecule has 1 heterocycles. The van der Waals surface area contributed by atoms with Crippen LogP contribution in [0.3, 0.4) is 0 Å². The van der Waals surface area contributed by atoms with Crippen LogP contribution in [0.15, 0.2) is 24.3 Å². The molecule has 0 atom stereocenters. The summed E-state index contributed by atoms with van der Waals surface area (Å²) in [5.74, 6) is 0.889. The van der Waals surface area contributed by atoms with Crippen LogP contribution >= 0.6 is 0 Å². The van der Waals surface area contributed by atoms with Crippen LogP contribution in [0.1, 0.15) is 32.6 Å². The maximum absolute atomic E-state index is 11.8. The molecule has 1 aromatic rings. The second-order valence-electron chi connectivity index (χ2n) is 6.42. The van der Waals surface area contributed by atoms with Gasteiger partial charge in [-0.15, -0.1) is 0 Å². The molecular weight excluding hydrogens is 262 g/mol. The van der Waals surface area contributed by atoms with Crippen molar-refractivity contribution in [1.29, 1.82) is 0 Å². The van der Waals surface area contributed by atoms with E-state index in [-0.39, 0.29) is 5.91 Å². The number of anilines is 2. The van der Waals surface area contributed by atoms with Crippen molar-refractivity contribution in [3.63, 3.8) is 0 Å². The van der Waals surface area contributed by atoms with Gasteiger partial charge in [0.25, 0.3) is 0 Å². The Kier molecular flexibility index (Phi) is 4.44. The molecule has 1 saturated carbocycles. The molecule has 1 aromatic carbocycles. The van der Waals surface area contributed by atoms with Gasteiger partial charge in [0.2, 0.25) is 5.91 Å². The lowest BCUT2D eigenvalue weighted by Crippen LogP contribution is -2.32. The quantitative estimate of drug-likeness (QED) is 0.875. The van der Waals surface area contributed by atoms with Crippen LogP contribution in [0.2, 0.25) is 0 Å². The molecule has 0 spiro atoms. The lowest BCUT2D eigenvalue weighted by Gasteiger charge is -2.32. The third-order valence-corrected chi connectivity index (χ3v) is 4.43. The SMILES string of the molecule is CC1CCN(c2ccc(NC(=O)CNC3CC3)cc2)CC1. The first-order chi connectivity index (χ1) is 10.2. The molecule has 2 fully saturated rings. The van der Waals surface area contributed by atoms with Crippen molar-refractivity contribution < 1.29 is 4.79 Å². The molecular formula is C17H25N3O. The van der Waals surface area contributed by atoms with Crippen molar-refractivity contribution in [3.05, 3.63) is 24.3 Å². The summed E-state index contributed by atoms with van der Waals surface area (Å²) in [5.41, 5.74) is 2.14. The third kappa shape index (κ3) is 4.21. The molecule has 114 valence electrons. The fourth-order valence-corrected chi connectivity index (χ4v) is 2.75. The predicted octanol–water partition coefficient (Wildman–Crippen LogP) is 2.61. The standard InChI is InChI=1S/C17H25N3O/c1-13-8-10-20(11-9-13)16-6-4-15(5-7-16)19-17(21)12-18-14-2-3-14/h4-7,13-14,18H,2-3,8-12H2,1H3,(H,19,21). The molecule has 0 radical (unpaired) electrons. The summed E-state index contributed by atoms with van der Waals surface area (Å²) in [6.07, 6.45) is 4.95. The molecule has 1 amide bonds. The monoisotopic (exact) mass is 287 g/mol. The van der Waals surface area contributed by atoms with E-state index in [1.54, 1.807) is 0 Å². The van der Waals surface area contributed by atoms with Crippen molar-refractivity contribution in [1.82, 2.24) is 5.32 Å². The minimum atomic E-state index is 0.0430. The molecule has 4 nitrogen and oxygen atoms in total. The van der Waals surface area contributed by atoms with Gasteiger partial charge in [-0.25, -0.2) is 0 Å². The first-order valence-electron chi connectivity index (χ1n) is 8.09. The topological polar surface area (TPSA) is 44.4 Å². The Morgan fingerprint density at radius 2 is 1.81 bits per heavy atom. The lowest BCUT2D eigenvalue weighted by atomic mass is 9.99. The average Bonchev–Trinajstić information content (AvgIpc) is 3.31. The van der Waals surface area contributed by atoms with E-state index in [0.717, 1.165) is 24.7 Å². The van der Waals surface area contributed by atoms with Crippen LogP contribution in [-0.4, -0.2) is 31.6 Å². The Hall–Kier alpha value is -1.55. The van der Waals surface area contributed by atoms with Crippen LogP contribution in [0.4, 0.5) is 11.4 Å². The molecule has 2 N–H and O–H groups in total. The Bertz CT molecular complexity index is 473. The van der Waals surface area contributed by atoms with Crippen LogP contribution in [-0.2, 0) is 4.79 Å². The van der Waals surface area contributed by atoms with E-state index in [0.29, 0.717) is 12.6 Å². The molecule has 1 aliphatic carbocycles. The van der Waals surface area contributed by atoms with E-state index in [1.807, 2.05) is 12.1 Å². The maximum atomic E-state index is 11.8. The van der Waals surface area contributed by atoms with E-state index in [2.05, 4.69) is 34.6 Å². The summed E-state index contributed by atoms with van der Waals surface area (Å²) in [4.78, 5) is 14.2. The highest BCUT2D eigenvalue weighted by Gasteiger charge is 2.21. The number of hydrogen-bond acceptors (Lipinski definition) is 3. The molecule has 21 heavy (non-hydrogen) atoms. The molecule has 4 heteroatoms. The van der Waals surface area contributed by atoms with Gasteiger partial charge in [0.1, 0.15) is 0 Å². The Labute approximate surface area is 126 Å². The van der Waals surface area contributed by atoms with E-state index in [4.69, 9.17) is 0 Å². The van der Waals surface area contributed by atoms with Gasteiger partial charge in [0.15, 0.2) is 0 Å². The zero-order valence-corrected chi connectivity index (χ0v) is 12.8. The Morgan fingerprint density at radius 3 is 2.43 bits per heavy atom. The fraction of sp³-hybridized carbons (Fsp3) is 0.588. The van der Waals surface area contributed by atoms with Crippen LogP contribution in [0.5, 0.6) is 0 Å². The molecule has 3 rings (SSSR count). The van der Waals surface area contributed by atoms with Crippen LogP contribution in [0.25, 0.3) is 0 Å². The molecule has 1 aliphatic heterocycles. The van der Waals surface area contributed by atoms with Crippen LogP contribution < -0.4 is 15.5 Å². The smallest absolute Gasteiger partial charge is 0.238 e. The number of nitrogens with one attached hydrogen (secondary N) is 2. The number of hydrogen-bond donors (Lipinski definition) is 2. The number of carbonyl (C=O) groups excluding carboxylic acids is 1. The number of benzene rings is 1. The summed E-state index contributed by atoms with van der Waals surface area (Å²) in [5, 5.41) is 6.17. The lowest BCUT2D eigenvalue weighted by molar-refractivity contribution is -0.115. The van der Waals surface area contributed by atoms with Crippen molar-refractivity contribution in [2.45, 2.75) is 38.6 Å². The normalized spacial score (nSPS) is 19.6. The van der Waals surface area contributed by atoms with Crippen molar-refractivity contribution in [2.24, 2.45) is 5.92 Å². The summed E-state index contributed by atoms with van der Waals surface area (Å²) in [6.45, 7) is 5.01. The van der Waals surface area contributed by atoms with E-state index in [9.17, 15) is 4.79 Å². The predicted molar refractivity (Wildman–Crippen MR) is 86.7 cm³/mol. The molecule has 0 unspecified atom stereocenters. The first-order valence-corrected chi connectivity index (χ1v) is 8.09. The minimum Gasteiger partial charge on any atom is -0.372 e. The van der Waals surface area contributed by atoms with E-state index >= 15 is 0 Å². The highest BCUT2D eigenvalue weighted by atomic mass is 16.1. The average molecular weight is 287 g/mol. The second-order valence-corrected chi connectivity index (χ2v) is 6.42. The Balaban J connectivity index is 1.50. The molecule has 0 aromatic heterocycles. The summed E-state index contributed by atoms with van der Waals surface area (Å²) in [7, 11) is 0. The zero-order chi connectivity index (χ0) is 14.7. The molecule has 0 bridgehead atoms. The zero-order valence-electron chi connectivity index (χ0n) is 12.8. The van der Waals surface area contributed by atoms with Gasteiger partial charge < -0.3 is 15.5 Å². The van der Waals surface area contributed by atoms with Crippen LogP contribution in [0, 0.1) is 5.92 Å². The fourth-order valence-electron chi connectivity index (χ4n) is 2.75. The maximum Gasteiger partial charge on any atom is 0.238 e. The number of rotatable bonds is 5. The largest absolute Gasteiger partial charge is 0.372 e. The van der Waals surface area contributed by atoms with Crippen molar-refractivity contribution in [3.8, 4) is 0 Å². The summed E-state index contributed by atoms with van der Waals surface area (Å²) in [6, 6.07) is 8.80. The van der Waals surface area contributed by atoms with E-state index in [1.165, 1.54) is 31.4 Å². The summed E-state index contributed by atoms with van der Waals surface area (Å²) >= 11 is 0. The van der Waals surface area contributed by atoms with Gasteiger partial charge in [-0.05, 0) is 55.9 Å². The van der Waals surface area contributed by atoms with Gasteiger partial charge in [0.05, 0.1) is 6.54 Å². The number of piperidine rings is 1.